The lowest BCUT2D eigenvalue weighted by atomic mass is 9.68. The second kappa shape index (κ2) is 29.4. The first-order valence-electron chi connectivity index (χ1n) is 45.6. The molecule has 3 N–H and O–H groups in total. The van der Waals surface area contributed by atoms with E-state index in [4.69, 9.17) is 0 Å². The zero-order chi connectivity index (χ0) is 84.0. The molecular weight excluding hydrogens is 1500 g/mol. The summed E-state index contributed by atoms with van der Waals surface area (Å²) < 4.78 is 0. The summed E-state index contributed by atoms with van der Waals surface area (Å²) in [5, 5.41) is 68.0. The smallest absolute Gasteiger partial charge is 0.335 e. The number of carboxylic acids is 3. The number of fused-ring (bicyclic) bond motifs is 3. The second-order valence-electron chi connectivity index (χ2n) is 38.6. The molecule has 3 unspecified atom stereocenters. The number of hydrogen-bond donors (Lipinski definition) is 3. The van der Waals surface area contributed by atoms with Gasteiger partial charge in [-0.25, -0.2) is 14.4 Å². The molecule has 0 amide bonds. The van der Waals surface area contributed by atoms with Crippen LogP contribution in [0.1, 0.15) is 187 Å². The number of rotatable bonds is 30. The molecule has 22 aromatic carbocycles. The number of aromatic carboxylic acids is 3. The van der Waals surface area contributed by atoms with Crippen molar-refractivity contribution >= 4 is 179 Å². The van der Waals surface area contributed by atoms with Gasteiger partial charge in [-0.05, 0) is 355 Å². The standard InChI is InChI=1S/C117H102O6/c1-61(2)13-10-16-64(7)19-22-67-25-31-73(32-26-67)91-88(70-37-43-79(44-38-70)115(118)119)82-55-49-76-53-59-86-101-93(75-35-29-69(30-36-75)24-21-66(9)18-12-15-63(5)6)90(72-41-47-81(48-42-72)117(122)123)84-57-51-78-54-60-87-102-92(74-33-27-68(28-34-74)23-20-65(8)17-11-14-62(3)4)89(71-39-45-80(46-40-71)116(120)121)83-56-50-77-52-58-85-100(91)106-97(82)94(76)104(86)110-112(106)109-103(85)95(77)98(83)107(102)113(109)111-105(87)96(78)99(84)108(101)114(110)111/h25-66H,10-24H2,1-9H3,(H,118,119)(H,120,121)(H,122,123). The molecular formula is C117H102O6. The summed E-state index contributed by atoms with van der Waals surface area (Å²) in [4.78, 5) is 39.3. The zero-order valence-corrected chi connectivity index (χ0v) is 71.9. The van der Waals surface area contributed by atoms with E-state index in [1.807, 2.05) is 36.4 Å². The summed E-state index contributed by atoms with van der Waals surface area (Å²) in [6.45, 7) is 21.2. The van der Waals surface area contributed by atoms with Gasteiger partial charge in [0.1, 0.15) is 0 Å². The van der Waals surface area contributed by atoms with Crippen molar-refractivity contribution in [3.8, 4) is 66.8 Å². The summed E-state index contributed by atoms with van der Waals surface area (Å²) in [5.41, 5.74) is 17.2. The van der Waals surface area contributed by atoms with Gasteiger partial charge in [-0.15, -0.1) is 0 Å². The predicted octanol–water partition coefficient (Wildman–Crippen LogP) is 33.2. The summed E-state index contributed by atoms with van der Waals surface area (Å²) in [6, 6.07) is 80.4. The monoisotopic (exact) mass is 1600 g/mol. The van der Waals surface area contributed by atoms with Crippen molar-refractivity contribution in [3.63, 3.8) is 0 Å². The van der Waals surface area contributed by atoms with Crippen molar-refractivity contribution in [2.24, 2.45) is 35.5 Å². The Bertz CT molecular complexity index is 7050. The number of benzene rings is 22. The maximum Gasteiger partial charge on any atom is 0.335 e. The third kappa shape index (κ3) is 11.9. The van der Waals surface area contributed by atoms with Crippen LogP contribution < -0.4 is 0 Å². The number of hydrogen-bond acceptors (Lipinski definition) is 3. The van der Waals surface area contributed by atoms with Crippen LogP contribution in [0, 0.1) is 35.5 Å². The van der Waals surface area contributed by atoms with Crippen LogP contribution in [0.4, 0.5) is 0 Å². The predicted molar refractivity (Wildman–Crippen MR) is 522 cm³/mol. The molecule has 6 heteroatoms. The average Bonchev–Trinajstić information content (AvgIpc) is 0.628. The first kappa shape index (κ1) is 76.6. The van der Waals surface area contributed by atoms with Crippen LogP contribution in [-0.4, -0.2) is 33.2 Å². The van der Waals surface area contributed by atoms with E-state index in [1.54, 1.807) is 36.4 Å². The molecule has 0 spiro atoms. The SMILES string of the molecule is CC(C)CCCC(C)CCc1ccc(-c2c(-c3ccc(C(=O)O)cc3)c3ccc4ccc5c6c(-c7ccc(CCC(C)CCCC(C)C)cc7)c(-c7ccc(C(=O)O)cc7)c7ccc8ccc9c%10c(-c%11ccc(CCC(C)CCCC(C)C)cc%11)c(-c%11ccc(C(=O)O)cc%11)c%11ccc%12ccc%13c2c2c3c4c5c3c2c2c%13c%12c%11c%10c2c2c9c8c7c6c32)cc1. The normalized spacial score (nSPS) is 13.6. The van der Waals surface area contributed by atoms with Gasteiger partial charge < -0.3 is 15.3 Å². The Kier molecular flexibility index (Phi) is 18.3. The summed E-state index contributed by atoms with van der Waals surface area (Å²) >= 11 is 0. The topological polar surface area (TPSA) is 112 Å². The van der Waals surface area contributed by atoms with Gasteiger partial charge in [-0.2, -0.15) is 0 Å². The summed E-state index contributed by atoms with van der Waals surface area (Å²) in [6.07, 6.45) is 17.4. The Labute approximate surface area is 717 Å². The molecule has 0 radical (unpaired) electrons. The van der Waals surface area contributed by atoms with E-state index in [0.717, 1.165) is 154 Å². The fourth-order valence-corrected chi connectivity index (χ4v) is 23.3. The van der Waals surface area contributed by atoms with Crippen molar-refractivity contribution in [1.29, 1.82) is 0 Å². The minimum Gasteiger partial charge on any atom is -0.478 e. The zero-order valence-electron chi connectivity index (χ0n) is 71.9. The number of aryl methyl sites for hydroxylation is 3. The van der Waals surface area contributed by atoms with Crippen LogP contribution in [0.5, 0.6) is 0 Å². The molecule has 0 aliphatic heterocycles. The van der Waals surface area contributed by atoms with Crippen LogP contribution in [0.15, 0.2) is 218 Å². The molecule has 22 rings (SSSR count). The molecule has 22 aromatic rings. The molecule has 6 nitrogen and oxygen atoms in total. The van der Waals surface area contributed by atoms with Gasteiger partial charge in [0.15, 0.2) is 0 Å². The van der Waals surface area contributed by atoms with Crippen LogP contribution in [0.2, 0.25) is 0 Å². The lowest BCUT2D eigenvalue weighted by Gasteiger charge is -2.34. The molecule has 0 heterocycles. The van der Waals surface area contributed by atoms with E-state index in [9.17, 15) is 29.7 Å². The van der Waals surface area contributed by atoms with Crippen LogP contribution in [-0.2, 0) is 19.3 Å². The molecule has 0 bridgehead atoms. The van der Waals surface area contributed by atoms with Gasteiger partial charge in [-0.1, -0.05) is 302 Å². The van der Waals surface area contributed by atoms with E-state index < -0.39 is 17.9 Å². The lowest BCUT2D eigenvalue weighted by Crippen LogP contribution is -2.05. The Balaban J connectivity index is 0.944. The van der Waals surface area contributed by atoms with Crippen molar-refractivity contribution < 1.29 is 29.7 Å². The van der Waals surface area contributed by atoms with E-state index in [1.165, 1.54) is 188 Å². The molecule has 0 saturated heterocycles. The molecule has 0 aliphatic carbocycles. The largest absolute Gasteiger partial charge is 0.478 e. The third-order valence-corrected chi connectivity index (χ3v) is 29.4. The Morgan fingerprint density at radius 3 is 0.642 bits per heavy atom. The molecule has 0 aromatic heterocycles. The quantitative estimate of drug-likeness (QED) is 0.0305. The van der Waals surface area contributed by atoms with E-state index in [2.05, 4.69) is 208 Å². The Morgan fingerprint density at radius 1 is 0.203 bits per heavy atom. The fraction of sp³-hybridized carbons (Fsp3) is 0.256. The highest BCUT2D eigenvalue weighted by Gasteiger charge is 2.39. The van der Waals surface area contributed by atoms with Crippen molar-refractivity contribution in [3.05, 3.63) is 252 Å². The highest BCUT2D eigenvalue weighted by Crippen LogP contribution is 2.67. The maximum atomic E-state index is 13.1. The highest BCUT2D eigenvalue weighted by molar-refractivity contribution is 6.66. The first-order chi connectivity index (χ1) is 59.8. The Morgan fingerprint density at radius 2 is 0.407 bits per heavy atom. The van der Waals surface area contributed by atoms with Crippen LogP contribution >= 0.6 is 0 Å². The average molecular weight is 1600 g/mol. The van der Waals surface area contributed by atoms with Gasteiger partial charge in [0.05, 0.1) is 16.7 Å². The lowest BCUT2D eigenvalue weighted by molar-refractivity contribution is 0.0686. The fourth-order valence-electron chi connectivity index (χ4n) is 23.3. The van der Waals surface area contributed by atoms with Crippen molar-refractivity contribution in [2.45, 2.75) is 159 Å². The molecule has 0 fully saturated rings. The van der Waals surface area contributed by atoms with Crippen molar-refractivity contribution in [2.75, 3.05) is 0 Å². The van der Waals surface area contributed by atoms with Gasteiger partial charge in [0.25, 0.3) is 0 Å². The Hall–Kier alpha value is -12.5. The summed E-state index contributed by atoms with van der Waals surface area (Å²) in [7, 11) is 0. The molecule has 0 aliphatic rings. The van der Waals surface area contributed by atoms with E-state index in [0.29, 0.717) is 35.5 Å². The minimum absolute atomic E-state index is 0.229. The molecule has 123 heavy (non-hydrogen) atoms. The van der Waals surface area contributed by atoms with Gasteiger partial charge in [0.2, 0.25) is 0 Å². The van der Waals surface area contributed by atoms with Crippen molar-refractivity contribution in [1.82, 2.24) is 0 Å². The first-order valence-corrected chi connectivity index (χ1v) is 45.6. The van der Waals surface area contributed by atoms with Gasteiger partial charge in [-0.3, -0.25) is 0 Å². The van der Waals surface area contributed by atoms with Gasteiger partial charge in [0, 0.05) is 0 Å². The number of carboxylic acid groups (broad SMARTS) is 3. The second-order valence-corrected chi connectivity index (χ2v) is 38.6. The van der Waals surface area contributed by atoms with Crippen LogP contribution in [0.3, 0.4) is 0 Å². The molecule has 0 saturated carbocycles. The van der Waals surface area contributed by atoms with Crippen LogP contribution in [0.25, 0.3) is 228 Å². The molecule has 3 atom stereocenters. The molecule has 606 valence electrons. The third-order valence-electron chi connectivity index (χ3n) is 29.4. The highest BCUT2D eigenvalue weighted by atomic mass is 16.4. The maximum absolute atomic E-state index is 13.1. The van der Waals surface area contributed by atoms with E-state index in [-0.39, 0.29) is 16.7 Å². The number of carbonyl (C=O) groups is 3. The summed E-state index contributed by atoms with van der Waals surface area (Å²) in [5.74, 6) is 0.939. The van der Waals surface area contributed by atoms with Gasteiger partial charge >= 0.3 is 17.9 Å². The minimum atomic E-state index is -0.971. The van der Waals surface area contributed by atoms with E-state index >= 15 is 0 Å².